The Hall–Kier alpha value is -1.16. The number of nitrogen functional groups attached to an aromatic ring is 1. The van der Waals surface area contributed by atoms with Gasteiger partial charge in [0.2, 0.25) is 0 Å². The summed E-state index contributed by atoms with van der Waals surface area (Å²) in [6.45, 7) is 2.19. The predicted molar refractivity (Wildman–Crippen MR) is 64.4 cm³/mol. The van der Waals surface area contributed by atoms with E-state index in [0.29, 0.717) is 18.0 Å². The highest BCUT2D eigenvalue weighted by Crippen LogP contribution is 2.14. The molecule has 15 heavy (non-hydrogen) atoms. The number of carbonyl (C=O) groups excluding carboxylic acids is 1. The van der Waals surface area contributed by atoms with Gasteiger partial charge in [-0.1, -0.05) is 6.07 Å². The average Bonchev–Trinajstić information content (AvgIpc) is 2.17. The fourth-order valence-corrected chi connectivity index (χ4v) is 1.67. The van der Waals surface area contributed by atoms with Gasteiger partial charge in [0.1, 0.15) is 11.5 Å². The Bertz CT molecular complexity index is 328. The maximum absolute atomic E-state index is 10.6. The molecule has 0 heterocycles. The van der Waals surface area contributed by atoms with Crippen LogP contribution in [0.25, 0.3) is 0 Å². The molecule has 4 heteroatoms. The molecule has 1 rings (SSSR count). The molecular weight excluding hydrogens is 210 g/mol. The van der Waals surface area contributed by atoms with Gasteiger partial charge in [-0.05, 0) is 19.1 Å². The van der Waals surface area contributed by atoms with Gasteiger partial charge in [0, 0.05) is 17.5 Å². The highest BCUT2D eigenvalue weighted by molar-refractivity contribution is 7.99. The topological polar surface area (TPSA) is 52.3 Å². The van der Waals surface area contributed by atoms with Crippen molar-refractivity contribution in [3.05, 3.63) is 24.3 Å². The molecule has 1 aromatic carbocycles. The first-order valence-corrected chi connectivity index (χ1v) is 5.89. The minimum Gasteiger partial charge on any atom is -0.493 e. The summed E-state index contributed by atoms with van der Waals surface area (Å²) in [6.07, 6.45) is 0. The number of benzene rings is 1. The van der Waals surface area contributed by atoms with E-state index >= 15 is 0 Å². The zero-order chi connectivity index (χ0) is 11.1. The number of hydrogen-bond donors (Lipinski definition) is 1. The van der Waals surface area contributed by atoms with Crippen LogP contribution in [0.4, 0.5) is 5.69 Å². The minimum atomic E-state index is 0.198. The first kappa shape index (κ1) is 11.9. The zero-order valence-corrected chi connectivity index (χ0v) is 9.55. The first-order valence-electron chi connectivity index (χ1n) is 4.74. The van der Waals surface area contributed by atoms with Crippen LogP contribution < -0.4 is 10.5 Å². The molecule has 1 aromatic rings. The van der Waals surface area contributed by atoms with E-state index in [2.05, 4.69) is 0 Å². The van der Waals surface area contributed by atoms with E-state index in [1.807, 2.05) is 18.2 Å². The molecule has 0 saturated carbocycles. The Morgan fingerprint density at radius 2 is 2.33 bits per heavy atom. The number of carbonyl (C=O) groups is 1. The minimum absolute atomic E-state index is 0.198. The number of ether oxygens (including phenoxy) is 1. The van der Waals surface area contributed by atoms with E-state index in [1.54, 1.807) is 24.8 Å². The van der Waals surface area contributed by atoms with Gasteiger partial charge in [-0.2, -0.15) is 11.8 Å². The summed E-state index contributed by atoms with van der Waals surface area (Å²) >= 11 is 1.58. The van der Waals surface area contributed by atoms with Gasteiger partial charge in [-0.25, -0.2) is 0 Å². The van der Waals surface area contributed by atoms with Crippen LogP contribution in [0.5, 0.6) is 5.75 Å². The van der Waals surface area contributed by atoms with E-state index in [9.17, 15) is 4.79 Å². The molecule has 0 aliphatic carbocycles. The number of nitrogens with two attached hydrogens (primary N) is 1. The quantitative estimate of drug-likeness (QED) is 0.594. The Morgan fingerprint density at radius 1 is 1.53 bits per heavy atom. The van der Waals surface area contributed by atoms with Crippen LogP contribution in [0.3, 0.4) is 0 Å². The number of rotatable bonds is 6. The molecule has 0 bridgehead atoms. The SMILES string of the molecule is CC(=O)CSCCOc1cccc(N)c1. The van der Waals surface area contributed by atoms with Crippen molar-refractivity contribution >= 4 is 23.2 Å². The summed E-state index contributed by atoms with van der Waals surface area (Å²) in [6, 6.07) is 7.33. The highest BCUT2D eigenvalue weighted by atomic mass is 32.2. The number of ketones is 1. The lowest BCUT2D eigenvalue weighted by atomic mass is 10.3. The summed E-state index contributed by atoms with van der Waals surface area (Å²) in [5, 5.41) is 0. The zero-order valence-electron chi connectivity index (χ0n) is 8.73. The summed E-state index contributed by atoms with van der Waals surface area (Å²) in [5.41, 5.74) is 6.30. The van der Waals surface area contributed by atoms with E-state index in [0.717, 1.165) is 11.5 Å². The second kappa shape index (κ2) is 6.35. The molecule has 0 atom stereocenters. The third kappa shape index (κ3) is 5.32. The third-order valence-electron chi connectivity index (χ3n) is 1.66. The summed E-state index contributed by atoms with van der Waals surface area (Å²) in [4.78, 5) is 10.6. The monoisotopic (exact) mass is 225 g/mol. The molecule has 0 spiro atoms. The van der Waals surface area contributed by atoms with E-state index < -0.39 is 0 Å². The van der Waals surface area contributed by atoms with Crippen molar-refractivity contribution < 1.29 is 9.53 Å². The largest absolute Gasteiger partial charge is 0.493 e. The Morgan fingerprint density at radius 3 is 3.00 bits per heavy atom. The van der Waals surface area contributed by atoms with Crippen molar-refractivity contribution in [1.82, 2.24) is 0 Å². The molecule has 0 fully saturated rings. The molecule has 0 aromatic heterocycles. The van der Waals surface area contributed by atoms with E-state index in [4.69, 9.17) is 10.5 Å². The number of thioether (sulfide) groups is 1. The van der Waals surface area contributed by atoms with E-state index in [-0.39, 0.29) is 5.78 Å². The van der Waals surface area contributed by atoms with Gasteiger partial charge in [0.15, 0.2) is 0 Å². The standard InChI is InChI=1S/C11H15NO2S/c1-9(13)8-15-6-5-14-11-4-2-3-10(12)7-11/h2-4,7H,5-6,8,12H2,1H3. The van der Waals surface area contributed by atoms with Crippen LogP contribution in [0.15, 0.2) is 24.3 Å². The lowest BCUT2D eigenvalue weighted by molar-refractivity contribution is -0.114. The van der Waals surface area contributed by atoms with Crippen LogP contribution in [0, 0.1) is 0 Å². The molecule has 3 nitrogen and oxygen atoms in total. The van der Waals surface area contributed by atoms with Crippen LogP contribution >= 0.6 is 11.8 Å². The van der Waals surface area contributed by atoms with Crippen LogP contribution in [-0.2, 0) is 4.79 Å². The molecule has 82 valence electrons. The predicted octanol–water partition coefficient (Wildman–Crippen LogP) is 1.97. The molecular formula is C11H15NO2S. The Balaban J connectivity index is 2.17. The number of hydrogen-bond acceptors (Lipinski definition) is 4. The molecule has 0 amide bonds. The molecule has 0 aliphatic rings. The Kier molecular flexibility index (Phi) is 5.04. The van der Waals surface area contributed by atoms with Gasteiger partial charge in [0.25, 0.3) is 0 Å². The van der Waals surface area contributed by atoms with Crippen molar-refractivity contribution in [2.75, 3.05) is 23.8 Å². The number of anilines is 1. The van der Waals surface area contributed by atoms with Gasteiger partial charge >= 0.3 is 0 Å². The molecule has 0 radical (unpaired) electrons. The van der Waals surface area contributed by atoms with Gasteiger partial charge in [-0.3, -0.25) is 4.79 Å². The lowest BCUT2D eigenvalue weighted by Gasteiger charge is -2.05. The van der Waals surface area contributed by atoms with Gasteiger partial charge < -0.3 is 10.5 Å². The average molecular weight is 225 g/mol. The third-order valence-corrected chi connectivity index (χ3v) is 2.73. The highest BCUT2D eigenvalue weighted by Gasteiger charge is 1.96. The fraction of sp³-hybridized carbons (Fsp3) is 0.364. The van der Waals surface area contributed by atoms with Gasteiger partial charge in [-0.15, -0.1) is 0 Å². The lowest BCUT2D eigenvalue weighted by Crippen LogP contribution is -2.03. The van der Waals surface area contributed by atoms with Crippen molar-refractivity contribution in [2.24, 2.45) is 0 Å². The second-order valence-corrected chi connectivity index (χ2v) is 4.28. The molecule has 2 N–H and O–H groups in total. The maximum Gasteiger partial charge on any atom is 0.139 e. The summed E-state index contributed by atoms with van der Waals surface area (Å²) in [7, 11) is 0. The smallest absolute Gasteiger partial charge is 0.139 e. The summed E-state index contributed by atoms with van der Waals surface area (Å²) in [5.74, 6) is 2.34. The maximum atomic E-state index is 10.6. The van der Waals surface area contributed by atoms with Crippen LogP contribution in [0.1, 0.15) is 6.92 Å². The van der Waals surface area contributed by atoms with Crippen LogP contribution in [-0.4, -0.2) is 23.9 Å². The molecule has 0 aliphatic heterocycles. The van der Waals surface area contributed by atoms with Gasteiger partial charge in [0.05, 0.1) is 12.4 Å². The van der Waals surface area contributed by atoms with E-state index in [1.165, 1.54) is 0 Å². The normalized spacial score (nSPS) is 9.93. The van der Waals surface area contributed by atoms with Crippen molar-refractivity contribution in [3.8, 4) is 5.75 Å². The summed E-state index contributed by atoms with van der Waals surface area (Å²) < 4.78 is 5.46. The fourth-order valence-electron chi connectivity index (χ4n) is 1.04. The van der Waals surface area contributed by atoms with Crippen molar-refractivity contribution in [3.63, 3.8) is 0 Å². The second-order valence-electron chi connectivity index (χ2n) is 3.18. The Labute approximate surface area is 94.0 Å². The van der Waals surface area contributed by atoms with Crippen LogP contribution in [0.2, 0.25) is 0 Å². The number of Topliss-reactive ketones (excluding diaryl/α,β-unsaturated/α-hetero) is 1. The van der Waals surface area contributed by atoms with Crippen molar-refractivity contribution in [2.45, 2.75) is 6.92 Å². The first-order chi connectivity index (χ1) is 7.18. The molecule has 0 unspecified atom stereocenters. The molecule has 0 saturated heterocycles. The van der Waals surface area contributed by atoms with Crippen molar-refractivity contribution in [1.29, 1.82) is 0 Å².